The molecule has 1 aliphatic carbocycles. The van der Waals surface area contributed by atoms with E-state index in [1.165, 1.54) is 19.3 Å². The minimum Gasteiger partial charge on any atom is -0.490 e. The quantitative estimate of drug-likeness (QED) is 0.875. The molecule has 1 saturated carbocycles. The van der Waals surface area contributed by atoms with E-state index < -0.39 is 0 Å². The van der Waals surface area contributed by atoms with Gasteiger partial charge in [0.2, 0.25) is 0 Å². The Morgan fingerprint density at radius 2 is 1.75 bits per heavy atom. The monoisotopic (exact) mass is 275 g/mol. The molecule has 4 unspecified atom stereocenters. The molecule has 0 radical (unpaired) electrons. The number of benzene rings is 1. The van der Waals surface area contributed by atoms with E-state index in [9.17, 15) is 0 Å². The van der Waals surface area contributed by atoms with Crippen LogP contribution in [0, 0.1) is 17.8 Å². The van der Waals surface area contributed by atoms with Crippen LogP contribution in [0.15, 0.2) is 24.3 Å². The predicted molar refractivity (Wildman–Crippen MR) is 84.8 cm³/mol. The summed E-state index contributed by atoms with van der Waals surface area (Å²) < 4.78 is 6.29. The maximum absolute atomic E-state index is 6.29. The van der Waals surface area contributed by atoms with Crippen LogP contribution in [0.5, 0.6) is 5.75 Å². The minimum absolute atomic E-state index is 0.0853. The van der Waals surface area contributed by atoms with Gasteiger partial charge in [0, 0.05) is 6.04 Å². The maximum Gasteiger partial charge on any atom is 0.119 e. The fourth-order valence-electron chi connectivity index (χ4n) is 3.27. The Kier molecular flexibility index (Phi) is 5.09. The lowest BCUT2D eigenvalue weighted by Gasteiger charge is -2.37. The molecule has 1 aromatic rings. The lowest BCUT2D eigenvalue weighted by molar-refractivity contribution is 0.0460. The lowest BCUT2D eigenvalue weighted by Crippen LogP contribution is -2.36. The average molecular weight is 275 g/mol. The Hall–Kier alpha value is -1.02. The van der Waals surface area contributed by atoms with E-state index in [1.54, 1.807) is 0 Å². The number of hydrogen-bond acceptors (Lipinski definition) is 2. The van der Waals surface area contributed by atoms with Crippen LogP contribution in [0.1, 0.15) is 58.6 Å². The second-order valence-electron chi connectivity index (χ2n) is 6.84. The first-order valence-electron chi connectivity index (χ1n) is 7.99. The Bertz CT molecular complexity index is 410. The van der Waals surface area contributed by atoms with E-state index >= 15 is 0 Å². The average Bonchev–Trinajstić information content (AvgIpc) is 2.39. The van der Waals surface area contributed by atoms with Gasteiger partial charge in [0.05, 0.1) is 0 Å². The Balaban J connectivity index is 2.05. The van der Waals surface area contributed by atoms with Gasteiger partial charge in [-0.25, -0.2) is 0 Å². The number of ether oxygens (including phenoxy) is 1. The van der Waals surface area contributed by atoms with Crippen molar-refractivity contribution in [1.82, 2.24) is 0 Å². The molecule has 0 aliphatic heterocycles. The highest BCUT2D eigenvalue weighted by atomic mass is 16.5. The van der Waals surface area contributed by atoms with Crippen molar-refractivity contribution in [3.8, 4) is 5.75 Å². The molecule has 1 fully saturated rings. The number of hydrogen-bond donors (Lipinski definition) is 1. The molecule has 4 atom stereocenters. The smallest absolute Gasteiger partial charge is 0.119 e. The normalized spacial score (nSPS) is 28.4. The van der Waals surface area contributed by atoms with Crippen molar-refractivity contribution in [2.24, 2.45) is 23.5 Å². The lowest BCUT2D eigenvalue weighted by atomic mass is 9.75. The summed E-state index contributed by atoms with van der Waals surface area (Å²) in [5, 5.41) is 0. The van der Waals surface area contributed by atoms with Crippen LogP contribution in [0.4, 0.5) is 0 Å². The second kappa shape index (κ2) is 6.62. The van der Waals surface area contributed by atoms with Gasteiger partial charge in [-0.15, -0.1) is 0 Å². The van der Waals surface area contributed by atoms with Crippen molar-refractivity contribution in [3.05, 3.63) is 29.8 Å². The van der Waals surface area contributed by atoms with E-state index in [2.05, 4.69) is 45.0 Å². The summed E-state index contributed by atoms with van der Waals surface area (Å²) in [5.74, 6) is 3.13. The second-order valence-corrected chi connectivity index (χ2v) is 6.84. The molecule has 2 nitrogen and oxygen atoms in total. The highest BCUT2D eigenvalue weighted by Crippen LogP contribution is 2.36. The van der Waals surface area contributed by atoms with Crippen LogP contribution in [0.3, 0.4) is 0 Å². The fourth-order valence-corrected chi connectivity index (χ4v) is 3.27. The summed E-state index contributed by atoms with van der Waals surface area (Å²) in [7, 11) is 0. The molecule has 112 valence electrons. The molecule has 0 heterocycles. The molecule has 1 aromatic carbocycles. The molecule has 0 spiro atoms. The van der Waals surface area contributed by atoms with E-state index in [0.717, 1.165) is 17.2 Å². The largest absolute Gasteiger partial charge is 0.490 e. The first kappa shape index (κ1) is 15.4. The molecule has 0 bridgehead atoms. The zero-order chi connectivity index (χ0) is 14.7. The summed E-state index contributed by atoms with van der Waals surface area (Å²) in [4.78, 5) is 0. The van der Waals surface area contributed by atoms with Crippen LogP contribution in [0.2, 0.25) is 0 Å². The zero-order valence-corrected chi connectivity index (χ0v) is 13.3. The topological polar surface area (TPSA) is 35.2 Å². The van der Waals surface area contributed by atoms with Gasteiger partial charge >= 0.3 is 0 Å². The van der Waals surface area contributed by atoms with Crippen molar-refractivity contribution in [1.29, 1.82) is 0 Å². The summed E-state index contributed by atoms with van der Waals surface area (Å²) in [5.41, 5.74) is 7.05. The third kappa shape index (κ3) is 3.76. The summed E-state index contributed by atoms with van der Waals surface area (Å²) in [6.45, 7) is 8.98. The molecule has 20 heavy (non-hydrogen) atoms. The molecule has 0 saturated heterocycles. The van der Waals surface area contributed by atoms with E-state index in [4.69, 9.17) is 10.5 Å². The molecule has 0 aromatic heterocycles. The first-order chi connectivity index (χ1) is 9.47. The molecular weight excluding hydrogens is 246 g/mol. The number of nitrogens with two attached hydrogens (primary N) is 1. The third-order valence-corrected chi connectivity index (χ3v) is 4.65. The molecule has 2 heteroatoms. The maximum atomic E-state index is 6.29. The van der Waals surface area contributed by atoms with Gasteiger partial charge in [-0.1, -0.05) is 39.3 Å². The van der Waals surface area contributed by atoms with Crippen LogP contribution in [0.25, 0.3) is 0 Å². The summed E-state index contributed by atoms with van der Waals surface area (Å²) in [6.07, 6.45) is 4.17. The van der Waals surface area contributed by atoms with E-state index in [0.29, 0.717) is 17.9 Å². The first-order valence-corrected chi connectivity index (χ1v) is 7.99. The van der Waals surface area contributed by atoms with Gasteiger partial charge in [-0.05, 0) is 55.2 Å². The van der Waals surface area contributed by atoms with Gasteiger partial charge < -0.3 is 10.5 Å². The standard InChI is InChI=1S/C18H29NO/c1-12(2)17-10-5-13(3)11-18(17)20-16-8-6-15(7-9-16)14(4)19/h6-9,12-14,17-18H,5,10-11,19H2,1-4H3. The highest BCUT2D eigenvalue weighted by Gasteiger charge is 2.32. The Morgan fingerprint density at radius 1 is 1.10 bits per heavy atom. The molecule has 2 N–H and O–H groups in total. The van der Waals surface area contributed by atoms with Crippen molar-refractivity contribution < 1.29 is 4.74 Å². The predicted octanol–water partition coefficient (Wildman–Crippen LogP) is 4.55. The van der Waals surface area contributed by atoms with Crippen LogP contribution in [-0.4, -0.2) is 6.10 Å². The molecule has 1 aliphatic rings. The minimum atomic E-state index is 0.0853. The van der Waals surface area contributed by atoms with E-state index in [-0.39, 0.29) is 6.04 Å². The Labute approximate surface area is 123 Å². The van der Waals surface area contributed by atoms with Crippen molar-refractivity contribution in [3.63, 3.8) is 0 Å². The van der Waals surface area contributed by atoms with Crippen molar-refractivity contribution in [2.75, 3.05) is 0 Å². The van der Waals surface area contributed by atoms with Crippen molar-refractivity contribution >= 4 is 0 Å². The van der Waals surface area contributed by atoms with Gasteiger partial charge in [-0.3, -0.25) is 0 Å². The van der Waals surface area contributed by atoms with Crippen LogP contribution in [-0.2, 0) is 0 Å². The fraction of sp³-hybridized carbons (Fsp3) is 0.667. The van der Waals surface area contributed by atoms with Gasteiger partial charge in [0.25, 0.3) is 0 Å². The molecule has 2 rings (SSSR count). The third-order valence-electron chi connectivity index (χ3n) is 4.65. The van der Waals surface area contributed by atoms with Crippen LogP contribution >= 0.6 is 0 Å². The van der Waals surface area contributed by atoms with Gasteiger partial charge in [0.1, 0.15) is 11.9 Å². The zero-order valence-electron chi connectivity index (χ0n) is 13.3. The Morgan fingerprint density at radius 3 is 2.30 bits per heavy atom. The SMILES string of the molecule is CC1CCC(C(C)C)C(Oc2ccc(C(C)N)cc2)C1. The van der Waals surface area contributed by atoms with Crippen molar-refractivity contribution in [2.45, 2.75) is 59.1 Å². The van der Waals surface area contributed by atoms with Gasteiger partial charge in [0.15, 0.2) is 0 Å². The van der Waals surface area contributed by atoms with E-state index in [1.807, 2.05) is 6.92 Å². The van der Waals surface area contributed by atoms with Gasteiger partial charge in [-0.2, -0.15) is 0 Å². The summed E-state index contributed by atoms with van der Waals surface area (Å²) >= 11 is 0. The number of rotatable bonds is 4. The summed E-state index contributed by atoms with van der Waals surface area (Å²) in [6, 6.07) is 8.37. The highest BCUT2D eigenvalue weighted by molar-refractivity contribution is 5.29. The molecule has 0 amide bonds. The van der Waals surface area contributed by atoms with Crippen LogP contribution < -0.4 is 10.5 Å². The molecular formula is C18H29NO.